The van der Waals surface area contributed by atoms with Crippen molar-refractivity contribution in [3.8, 4) is 11.5 Å². The normalized spacial score (nSPS) is 16.0. The monoisotopic (exact) mass is 309 g/mol. The van der Waals surface area contributed by atoms with Crippen LogP contribution in [0.15, 0.2) is 23.4 Å². The van der Waals surface area contributed by atoms with E-state index in [0.29, 0.717) is 28.6 Å². The molecule has 1 aliphatic heterocycles. The summed E-state index contributed by atoms with van der Waals surface area (Å²) in [5, 5.41) is 1.84. The molecular weight excluding hydrogens is 294 g/mol. The summed E-state index contributed by atoms with van der Waals surface area (Å²) in [7, 11) is 4.88. The standard InChI is InChI=1S/C13H15N3O4S/c1-16(7-10-12(17)15-13(18)21-10)6-8-11(20-3)9(19-2)4-5-14-8/h4-5,7H,6H2,1-3H3,(H,15,17,18)/b10-7-. The van der Waals surface area contributed by atoms with Crippen molar-refractivity contribution in [1.82, 2.24) is 15.2 Å². The molecular formula is C13H15N3O4S. The minimum absolute atomic E-state index is 0.351. The van der Waals surface area contributed by atoms with E-state index in [1.165, 1.54) is 0 Å². The molecule has 2 heterocycles. The van der Waals surface area contributed by atoms with Crippen molar-refractivity contribution in [2.24, 2.45) is 0 Å². The Kier molecular flexibility index (Phi) is 4.69. The number of nitrogens with zero attached hydrogens (tertiary/aromatic N) is 2. The van der Waals surface area contributed by atoms with Crippen LogP contribution < -0.4 is 14.8 Å². The quantitative estimate of drug-likeness (QED) is 0.822. The van der Waals surface area contributed by atoms with Crippen molar-refractivity contribution >= 4 is 22.9 Å². The lowest BCUT2D eigenvalue weighted by Gasteiger charge is -2.17. The maximum absolute atomic E-state index is 11.5. The first kappa shape index (κ1) is 15.2. The van der Waals surface area contributed by atoms with Crippen LogP contribution in [0.25, 0.3) is 0 Å². The summed E-state index contributed by atoms with van der Waals surface area (Å²) < 4.78 is 10.5. The second-order valence-electron chi connectivity index (χ2n) is 4.25. The van der Waals surface area contributed by atoms with Gasteiger partial charge in [-0.2, -0.15) is 0 Å². The number of amides is 2. The van der Waals surface area contributed by atoms with Gasteiger partial charge in [0.05, 0.1) is 25.7 Å². The van der Waals surface area contributed by atoms with Crippen LogP contribution in [-0.2, 0) is 11.3 Å². The average molecular weight is 309 g/mol. The fourth-order valence-electron chi connectivity index (χ4n) is 1.86. The highest BCUT2D eigenvalue weighted by Gasteiger charge is 2.25. The molecule has 0 bridgehead atoms. The molecule has 1 saturated heterocycles. The van der Waals surface area contributed by atoms with Crippen molar-refractivity contribution in [2.75, 3.05) is 21.3 Å². The number of carbonyl (C=O) groups excluding carboxylic acids is 2. The Bertz CT molecular complexity index is 603. The topological polar surface area (TPSA) is 80.8 Å². The number of carbonyl (C=O) groups is 2. The van der Waals surface area contributed by atoms with Crippen LogP contribution in [0.1, 0.15) is 5.69 Å². The van der Waals surface area contributed by atoms with Gasteiger partial charge in [0.15, 0.2) is 11.5 Å². The fraction of sp³-hybridized carbons (Fsp3) is 0.308. The van der Waals surface area contributed by atoms with Crippen LogP contribution in [0, 0.1) is 0 Å². The number of methoxy groups -OCH3 is 2. The van der Waals surface area contributed by atoms with Crippen molar-refractivity contribution < 1.29 is 19.1 Å². The molecule has 0 unspecified atom stereocenters. The van der Waals surface area contributed by atoms with E-state index in [1.807, 2.05) is 0 Å². The lowest BCUT2D eigenvalue weighted by molar-refractivity contribution is -0.115. The third-order valence-corrected chi connectivity index (χ3v) is 3.54. The first-order valence-corrected chi connectivity index (χ1v) is 6.88. The highest BCUT2D eigenvalue weighted by molar-refractivity contribution is 8.18. The first-order valence-electron chi connectivity index (χ1n) is 6.06. The van der Waals surface area contributed by atoms with E-state index >= 15 is 0 Å². The predicted molar refractivity (Wildman–Crippen MR) is 78.0 cm³/mol. The van der Waals surface area contributed by atoms with Gasteiger partial charge in [0, 0.05) is 25.5 Å². The highest BCUT2D eigenvalue weighted by Crippen LogP contribution is 2.30. The van der Waals surface area contributed by atoms with Gasteiger partial charge >= 0.3 is 0 Å². The second kappa shape index (κ2) is 6.49. The summed E-state index contributed by atoms with van der Waals surface area (Å²) in [5.74, 6) is 0.749. The smallest absolute Gasteiger partial charge is 0.290 e. The molecule has 1 N–H and O–H groups in total. The molecule has 1 fully saturated rings. The van der Waals surface area contributed by atoms with Gasteiger partial charge < -0.3 is 14.4 Å². The molecule has 2 rings (SSSR count). The van der Waals surface area contributed by atoms with Crippen LogP contribution in [-0.4, -0.2) is 42.3 Å². The van der Waals surface area contributed by atoms with Gasteiger partial charge in [0.1, 0.15) is 5.69 Å². The van der Waals surface area contributed by atoms with E-state index in [1.54, 1.807) is 44.6 Å². The van der Waals surface area contributed by atoms with Gasteiger partial charge in [-0.15, -0.1) is 0 Å². The van der Waals surface area contributed by atoms with Crippen LogP contribution in [0.5, 0.6) is 11.5 Å². The molecule has 0 aromatic carbocycles. The molecule has 2 amide bonds. The molecule has 0 radical (unpaired) electrons. The number of hydrogen-bond acceptors (Lipinski definition) is 7. The summed E-state index contributed by atoms with van der Waals surface area (Å²) in [6.45, 7) is 0.409. The minimum Gasteiger partial charge on any atom is -0.493 e. The Morgan fingerprint density at radius 1 is 1.38 bits per heavy atom. The van der Waals surface area contributed by atoms with Gasteiger partial charge in [-0.05, 0) is 11.8 Å². The third kappa shape index (κ3) is 3.46. The van der Waals surface area contributed by atoms with Crippen LogP contribution in [0.2, 0.25) is 0 Å². The number of aromatic nitrogens is 1. The Morgan fingerprint density at radius 2 is 2.14 bits per heavy atom. The molecule has 1 aromatic rings. The number of imide groups is 1. The number of pyridine rings is 1. The van der Waals surface area contributed by atoms with E-state index in [4.69, 9.17) is 9.47 Å². The Morgan fingerprint density at radius 3 is 2.71 bits per heavy atom. The molecule has 0 spiro atoms. The van der Waals surface area contributed by atoms with E-state index in [-0.39, 0.29) is 11.1 Å². The number of thioether (sulfide) groups is 1. The molecule has 1 aliphatic rings. The molecule has 0 saturated carbocycles. The molecule has 0 atom stereocenters. The first-order chi connectivity index (χ1) is 10.0. The van der Waals surface area contributed by atoms with E-state index in [2.05, 4.69) is 10.3 Å². The number of ether oxygens (including phenoxy) is 2. The molecule has 7 nitrogen and oxygen atoms in total. The summed E-state index contributed by atoms with van der Waals surface area (Å²) in [6.07, 6.45) is 3.23. The molecule has 1 aromatic heterocycles. The highest BCUT2D eigenvalue weighted by atomic mass is 32.2. The maximum Gasteiger partial charge on any atom is 0.290 e. The number of hydrogen-bond donors (Lipinski definition) is 1. The lowest BCUT2D eigenvalue weighted by atomic mass is 10.3. The largest absolute Gasteiger partial charge is 0.493 e. The van der Waals surface area contributed by atoms with Crippen molar-refractivity contribution in [3.05, 3.63) is 29.1 Å². The maximum atomic E-state index is 11.5. The molecule has 0 aliphatic carbocycles. The van der Waals surface area contributed by atoms with Gasteiger partial charge in [-0.25, -0.2) is 0 Å². The van der Waals surface area contributed by atoms with Crippen molar-refractivity contribution in [1.29, 1.82) is 0 Å². The number of nitrogens with one attached hydrogen (secondary N) is 1. The SMILES string of the molecule is COc1ccnc(CN(C)/C=C2\SC(=O)NC2=O)c1OC. The average Bonchev–Trinajstić information content (AvgIpc) is 2.76. The van der Waals surface area contributed by atoms with Gasteiger partial charge in [-0.3, -0.25) is 19.9 Å². The zero-order chi connectivity index (χ0) is 15.4. The third-order valence-electron chi connectivity index (χ3n) is 2.75. The summed E-state index contributed by atoms with van der Waals surface area (Å²) in [5.41, 5.74) is 0.672. The van der Waals surface area contributed by atoms with Crippen molar-refractivity contribution in [2.45, 2.75) is 6.54 Å². The van der Waals surface area contributed by atoms with Gasteiger partial charge in [0.2, 0.25) is 0 Å². The van der Waals surface area contributed by atoms with Crippen LogP contribution in [0.4, 0.5) is 4.79 Å². The summed E-state index contributed by atoms with van der Waals surface area (Å²) in [4.78, 5) is 29.0. The molecule has 21 heavy (non-hydrogen) atoms. The Hall–Kier alpha value is -2.22. The molecule has 8 heteroatoms. The minimum atomic E-state index is -0.387. The Balaban J connectivity index is 2.17. The summed E-state index contributed by atoms with van der Waals surface area (Å²) >= 11 is 0.874. The Labute approximate surface area is 126 Å². The second-order valence-corrected chi connectivity index (χ2v) is 5.26. The lowest BCUT2D eigenvalue weighted by Crippen LogP contribution is -2.19. The predicted octanol–water partition coefficient (Wildman–Crippen LogP) is 1.35. The van der Waals surface area contributed by atoms with Crippen LogP contribution in [0.3, 0.4) is 0 Å². The van der Waals surface area contributed by atoms with Crippen molar-refractivity contribution in [3.63, 3.8) is 0 Å². The van der Waals surface area contributed by atoms with Gasteiger partial charge in [0.25, 0.3) is 11.1 Å². The fourth-order valence-corrected chi connectivity index (χ4v) is 2.58. The number of rotatable bonds is 5. The van der Waals surface area contributed by atoms with E-state index in [9.17, 15) is 9.59 Å². The van der Waals surface area contributed by atoms with Crippen LogP contribution >= 0.6 is 11.8 Å². The van der Waals surface area contributed by atoms with E-state index in [0.717, 1.165) is 11.8 Å². The zero-order valence-corrected chi connectivity index (χ0v) is 12.7. The molecule has 112 valence electrons. The van der Waals surface area contributed by atoms with Gasteiger partial charge in [-0.1, -0.05) is 0 Å². The zero-order valence-electron chi connectivity index (χ0n) is 11.9. The van der Waals surface area contributed by atoms with E-state index < -0.39 is 0 Å². The summed E-state index contributed by atoms with van der Waals surface area (Å²) in [6, 6.07) is 1.71.